The minimum Gasteiger partial charge on any atom is -0.317 e. The predicted octanol–water partition coefficient (Wildman–Crippen LogP) is 2.99. The van der Waals surface area contributed by atoms with E-state index in [0.29, 0.717) is 5.69 Å². The van der Waals surface area contributed by atoms with Crippen molar-refractivity contribution in [3.63, 3.8) is 0 Å². The summed E-state index contributed by atoms with van der Waals surface area (Å²) in [7, 11) is 0. The first kappa shape index (κ1) is 12.7. The lowest BCUT2D eigenvalue weighted by atomic mass is 9.88. The molecule has 0 fully saturated rings. The van der Waals surface area contributed by atoms with Crippen LogP contribution in [0, 0.1) is 5.82 Å². The summed E-state index contributed by atoms with van der Waals surface area (Å²) in [6.45, 7) is 1.87. The second-order valence-corrected chi connectivity index (χ2v) is 4.97. The molecule has 0 amide bonds. The Morgan fingerprint density at radius 1 is 1.10 bits per heavy atom. The van der Waals surface area contributed by atoms with E-state index in [1.807, 2.05) is 37.3 Å². The Kier molecular flexibility index (Phi) is 2.95. The lowest BCUT2D eigenvalue weighted by molar-refractivity contribution is 0.568. The molecule has 3 aromatic rings. The van der Waals surface area contributed by atoms with Crippen LogP contribution in [0.25, 0.3) is 10.9 Å². The number of pyridine rings is 2. The van der Waals surface area contributed by atoms with Crippen LogP contribution in [0.4, 0.5) is 4.39 Å². The van der Waals surface area contributed by atoms with Crippen molar-refractivity contribution in [2.24, 2.45) is 5.73 Å². The van der Waals surface area contributed by atoms with Crippen LogP contribution in [0.5, 0.6) is 0 Å². The average molecular weight is 267 g/mol. The van der Waals surface area contributed by atoms with Gasteiger partial charge < -0.3 is 5.73 Å². The fraction of sp³-hybridized carbons (Fsp3) is 0.125. The molecule has 2 heterocycles. The van der Waals surface area contributed by atoms with Gasteiger partial charge in [0.05, 0.1) is 22.9 Å². The van der Waals surface area contributed by atoms with Crippen LogP contribution in [0.1, 0.15) is 18.2 Å². The molecule has 0 saturated heterocycles. The molecule has 2 N–H and O–H groups in total. The maximum Gasteiger partial charge on any atom is 0.141 e. The summed E-state index contributed by atoms with van der Waals surface area (Å²) in [4.78, 5) is 8.37. The highest BCUT2D eigenvalue weighted by atomic mass is 19.1. The summed E-state index contributed by atoms with van der Waals surface area (Å²) >= 11 is 0. The second-order valence-electron chi connectivity index (χ2n) is 4.97. The smallest absolute Gasteiger partial charge is 0.141 e. The summed E-state index contributed by atoms with van der Waals surface area (Å²) in [5, 5.41) is 1.02. The summed E-state index contributed by atoms with van der Waals surface area (Å²) in [6, 6.07) is 12.7. The van der Waals surface area contributed by atoms with E-state index < -0.39 is 5.54 Å². The number of halogens is 1. The van der Waals surface area contributed by atoms with Crippen molar-refractivity contribution in [3.8, 4) is 0 Å². The van der Waals surface area contributed by atoms with Gasteiger partial charge in [-0.05, 0) is 42.8 Å². The van der Waals surface area contributed by atoms with E-state index in [0.717, 1.165) is 16.5 Å². The zero-order chi connectivity index (χ0) is 14.2. The van der Waals surface area contributed by atoms with Crippen LogP contribution in [-0.4, -0.2) is 9.97 Å². The molecule has 3 nitrogen and oxygen atoms in total. The Hall–Kier alpha value is -2.33. The van der Waals surface area contributed by atoms with Crippen molar-refractivity contribution in [2.75, 3.05) is 0 Å². The first-order valence-corrected chi connectivity index (χ1v) is 6.33. The fourth-order valence-electron chi connectivity index (χ4n) is 2.23. The second kappa shape index (κ2) is 4.65. The molecule has 0 saturated carbocycles. The van der Waals surface area contributed by atoms with Gasteiger partial charge in [-0.1, -0.05) is 12.1 Å². The van der Waals surface area contributed by atoms with Crippen LogP contribution in [0.15, 0.2) is 54.9 Å². The molecule has 2 aromatic heterocycles. The van der Waals surface area contributed by atoms with Crippen LogP contribution < -0.4 is 5.73 Å². The van der Waals surface area contributed by atoms with Crippen molar-refractivity contribution >= 4 is 10.9 Å². The van der Waals surface area contributed by atoms with Gasteiger partial charge in [0.2, 0.25) is 0 Å². The van der Waals surface area contributed by atoms with Gasteiger partial charge in [-0.15, -0.1) is 0 Å². The van der Waals surface area contributed by atoms with E-state index in [1.165, 1.54) is 12.3 Å². The normalized spacial score (nSPS) is 14.2. The van der Waals surface area contributed by atoms with Gasteiger partial charge in [0, 0.05) is 11.6 Å². The number of rotatable bonds is 2. The quantitative estimate of drug-likeness (QED) is 0.776. The highest BCUT2D eigenvalue weighted by Crippen LogP contribution is 2.27. The Morgan fingerprint density at radius 2 is 1.95 bits per heavy atom. The number of nitrogens with two attached hydrogens (primary N) is 1. The topological polar surface area (TPSA) is 51.8 Å². The fourth-order valence-corrected chi connectivity index (χ4v) is 2.23. The van der Waals surface area contributed by atoms with Crippen LogP contribution >= 0.6 is 0 Å². The zero-order valence-corrected chi connectivity index (χ0v) is 11.0. The van der Waals surface area contributed by atoms with Crippen molar-refractivity contribution in [1.29, 1.82) is 0 Å². The molecule has 1 unspecified atom stereocenters. The third kappa shape index (κ3) is 2.14. The largest absolute Gasteiger partial charge is 0.317 e. The summed E-state index contributed by atoms with van der Waals surface area (Å²) < 4.78 is 13.0. The van der Waals surface area contributed by atoms with E-state index in [9.17, 15) is 4.39 Å². The molecule has 4 heteroatoms. The minimum absolute atomic E-state index is 0.368. The first-order valence-electron chi connectivity index (χ1n) is 6.33. The van der Waals surface area contributed by atoms with Gasteiger partial charge >= 0.3 is 0 Å². The number of nitrogens with zero attached hydrogens (tertiary/aromatic N) is 2. The third-order valence-corrected chi connectivity index (χ3v) is 3.46. The standard InChI is InChI=1S/C16H14FN3/c1-16(18,15-7-5-13(17)10-20-15)12-4-6-14-11(9-12)3-2-8-19-14/h2-10H,18H2,1H3. The highest BCUT2D eigenvalue weighted by molar-refractivity contribution is 5.79. The van der Waals surface area contributed by atoms with Gasteiger partial charge in [0.1, 0.15) is 5.82 Å². The maximum absolute atomic E-state index is 13.0. The monoisotopic (exact) mass is 267 g/mol. The molecule has 3 rings (SSSR count). The number of hydrogen-bond acceptors (Lipinski definition) is 3. The van der Waals surface area contributed by atoms with Crippen molar-refractivity contribution in [2.45, 2.75) is 12.5 Å². The van der Waals surface area contributed by atoms with Gasteiger partial charge in [-0.25, -0.2) is 4.39 Å². The Morgan fingerprint density at radius 3 is 2.70 bits per heavy atom. The average Bonchev–Trinajstić information content (AvgIpc) is 2.47. The van der Waals surface area contributed by atoms with Crippen molar-refractivity contribution in [3.05, 3.63) is 71.9 Å². The lowest BCUT2D eigenvalue weighted by Gasteiger charge is -2.25. The van der Waals surface area contributed by atoms with E-state index in [2.05, 4.69) is 9.97 Å². The van der Waals surface area contributed by atoms with Crippen molar-refractivity contribution < 1.29 is 4.39 Å². The van der Waals surface area contributed by atoms with Gasteiger partial charge in [-0.3, -0.25) is 9.97 Å². The maximum atomic E-state index is 13.0. The molecule has 0 spiro atoms. The molecule has 1 aromatic carbocycles. The zero-order valence-electron chi connectivity index (χ0n) is 11.0. The molecule has 0 aliphatic rings. The summed E-state index contributed by atoms with van der Waals surface area (Å²) in [5.41, 5.74) is 8.07. The van der Waals surface area contributed by atoms with Crippen LogP contribution in [-0.2, 0) is 5.54 Å². The molecule has 1 atom stereocenters. The third-order valence-electron chi connectivity index (χ3n) is 3.46. The number of aromatic nitrogens is 2. The van der Waals surface area contributed by atoms with Crippen LogP contribution in [0.3, 0.4) is 0 Å². The van der Waals surface area contributed by atoms with E-state index in [1.54, 1.807) is 12.3 Å². The number of fused-ring (bicyclic) bond motifs is 1. The molecule has 20 heavy (non-hydrogen) atoms. The van der Waals surface area contributed by atoms with Crippen molar-refractivity contribution in [1.82, 2.24) is 9.97 Å². The molecular formula is C16H14FN3. The first-order chi connectivity index (χ1) is 9.57. The highest BCUT2D eigenvalue weighted by Gasteiger charge is 2.25. The van der Waals surface area contributed by atoms with E-state index in [-0.39, 0.29) is 5.82 Å². The van der Waals surface area contributed by atoms with Gasteiger partial charge in [0.15, 0.2) is 0 Å². The molecule has 100 valence electrons. The van der Waals surface area contributed by atoms with Crippen LogP contribution in [0.2, 0.25) is 0 Å². The predicted molar refractivity (Wildman–Crippen MR) is 76.6 cm³/mol. The van der Waals surface area contributed by atoms with Gasteiger partial charge in [0.25, 0.3) is 0 Å². The minimum atomic E-state index is -0.780. The Labute approximate surface area is 116 Å². The summed E-state index contributed by atoms with van der Waals surface area (Å²) in [6.07, 6.45) is 2.94. The molecule has 0 aliphatic carbocycles. The van der Waals surface area contributed by atoms with E-state index in [4.69, 9.17) is 5.73 Å². The number of hydrogen-bond donors (Lipinski definition) is 1. The Balaban J connectivity index is 2.10. The molecule has 0 aliphatic heterocycles. The Bertz CT molecular complexity index is 751. The molecule has 0 bridgehead atoms. The van der Waals surface area contributed by atoms with E-state index >= 15 is 0 Å². The lowest BCUT2D eigenvalue weighted by Crippen LogP contribution is -2.35. The molecule has 0 radical (unpaired) electrons. The van der Waals surface area contributed by atoms with Gasteiger partial charge in [-0.2, -0.15) is 0 Å². The summed E-state index contributed by atoms with van der Waals surface area (Å²) in [5.74, 6) is -0.368. The molecular weight excluding hydrogens is 253 g/mol. The SMILES string of the molecule is CC(N)(c1ccc2ncccc2c1)c1ccc(F)cn1. The number of benzene rings is 1.